The normalized spacial score (nSPS) is 40.9. The summed E-state index contributed by atoms with van der Waals surface area (Å²) in [5, 5.41) is 33.1. The minimum Gasteiger partial charge on any atom is -0.508 e. The first-order chi connectivity index (χ1) is 12.0. The lowest BCUT2D eigenvalue weighted by Gasteiger charge is -2.64. The molecule has 3 N–H and O–H groups in total. The minimum atomic E-state index is -0.833. The van der Waals surface area contributed by atoms with Gasteiger partial charge >= 0.3 is 0 Å². The number of likely N-dealkylation sites (tertiary alicyclic amines) is 1. The van der Waals surface area contributed by atoms with Crippen LogP contribution in [0.3, 0.4) is 0 Å². The number of aliphatic hydroxyl groups is 2. The van der Waals surface area contributed by atoms with E-state index in [0.29, 0.717) is 25.0 Å². The largest absolute Gasteiger partial charge is 0.508 e. The van der Waals surface area contributed by atoms with E-state index in [4.69, 9.17) is 0 Å². The molecular weight excluding hydrogens is 314 g/mol. The molecule has 3 fully saturated rings. The van der Waals surface area contributed by atoms with E-state index >= 15 is 0 Å². The van der Waals surface area contributed by atoms with Crippen LogP contribution in [0.15, 0.2) is 18.2 Å². The van der Waals surface area contributed by atoms with Gasteiger partial charge in [-0.3, -0.25) is 4.90 Å². The number of piperidine rings is 1. The fraction of sp³-hybridized carbons (Fsp3) is 0.714. The van der Waals surface area contributed by atoms with Crippen molar-refractivity contribution in [2.45, 2.75) is 74.5 Å². The maximum atomic E-state index is 12.0. The molecule has 136 valence electrons. The van der Waals surface area contributed by atoms with Crippen LogP contribution in [0.5, 0.6) is 5.75 Å². The van der Waals surface area contributed by atoms with Crippen molar-refractivity contribution in [1.82, 2.24) is 4.90 Å². The average molecular weight is 343 g/mol. The number of phenolic OH excluding ortho intramolecular Hbond substituents is 1. The second-order valence-electron chi connectivity index (χ2n) is 8.98. The standard InChI is InChI=1S/C21H29NO3/c23-16-7-8-21(25)18-11-15-5-2-6-17(24)19(15)20(21,12-16)9-10-22(18)13-14-3-1-4-14/h2,5-6,14,16,18,23-25H,1,3-4,7-13H2/t16-,18-,20-,21-/m1/s1. The van der Waals surface area contributed by atoms with Crippen LogP contribution < -0.4 is 0 Å². The molecule has 1 aliphatic heterocycles. The highest BCUT2D eigenvalue weighted by Crippen LogP contribution is 2.60. The summed E-state index contributed by atoms with van der Waals surface area (Å²) in [5.74, 6) is 1.09. The maximum Gasteiger partial charge on any atom is 0.119 e. The number of phenols is 1. The predicted molar refractivity (Wildman–Crippen MR) is 95.6 cm³/mol. The zero-order valence-electron chi connectivity index (χ0n) is 14.8. The van der Waals surface area contributed by atoms with Gasteiger partial charge in [-0.15, -0.1) is 0 Å². The van der Waals surface area contributed by atoms with Gasteiger partial charge in [-0.2, -0.15) is 0 Å². The van der Waals surface area contributed by atoms with E-state index in [-0.39, 0.29) is 12.1 Å². The van der Waals surface area contributed by atoms with Gasteiger partial charge in [0, 0.05) is 23.6 Å². The van der Waals surface area contributed by atoms with E-state index in [9.17, 15) is 15.3 Å². The SMILES string of the molecule is Oc1cccc2c1[C@]13CCN(CC4CCC4)[C@H](C2)[C@]1(O)CC[C@@H](O)C3. The molecule has 2 bridgehead atoms. The summed E-state index contributed by atoms with van der Waals surface area (Å²) in [6, 6.07) is 5.89. The number of fused-ring (bicyclic) bond motifs is 1. The average Bonchev–Trinajstić information content (AvgIpc) is 2.53. The molecule has 4 aliphatic rings. The molecule has 0 unspecified atom stereocenters. The Balaban J connectivity index is 1.61. The van der Waals surface area contributed by atoms with Gasteiger partial charge in [-0.25, -0.2) is 0 Å². The van der Waals surface area contributed by atoms with E-state index in [2.05, 4.69) is 11.0 Å². The topological polar surface area (TPSA) is 63.9 Å². The molecule has 0 spiro atoms. The molecular formula is C21H29NO3. The van der Waals surface area contributed by atoms with Gasteiger partial charge in [0.05, 0.1) is 11.7 Å². The second kappa shape index (κ2) is 5.45. The molecule has 1 saturated heterocycles. The van der Waals surface area contributed by atoms with Crippen LogP contribution in [0.4, 0.5) is 0 Å². The third kappa shape index (κ3) is 2.11. The highest BCUT2D eigenvalue weighted by atomic mass is 16.3. The maximum absolute atomic E-state index is 12.0. The van der Waals surface area contributed by atoms with Crippen LogP contribution in [0.25, 0.3) is 0 Å². The third-order valence-corrected chi connectivity index (χ3v) is 7.83. The van der Waals surface area contributed by atoms with Gasteiger partial charge in [-0.05, 0) is 69.0 Å². The molecule has 1 heterocycles. The Morgan fingerprint density at radius 2 is 2.00 bits per heavy atom. The molecule has 5 rings (SSSR count). The van der Waals surface area contributed by atoms with Gasteiger partial charge in [0.25, 0.3) is 0 Å². The van der Waals surface area contributed by atoms with Crippen LogP contribution in [0.1, 0.15) is 56.1 Å². The van der Waals surface area contributed by atoms with Gasteiger partial charge in [0.1, 0.15) is 5.75 Å². The van der Waals surface area contributed by atoms with Crippen molar-refractivity contribution in [3.05, 3.63) is 29.3 Å². The Morgan fingerprint density at radius 3 is 2.76 bits per heavy atom. The minimum absolute atomic E-state index is 0.114. The van der Waals surface area contributed by atoms with E-state index in [0.717, 1.165) is 37.4 Å². The van der Waals surface area contributed by atoms with Crippen LogP contribution in [0, 0.1) is 5.92 Å². The monoisotopic (exact) mass is 343 g/mol. The zero-order chi connectivity index (χ0) is 17.2. The first-order valence-corrected chi connectivity index (χ1v) is 9.99. The Bertz CT molecular complexity index is 688. The van der Waals surface area contributed by atoms with Crippen molar-refractivity contribution in [3.8, 4) is 5.75 Å². The second-order valence-corrected chi connectivity index (χ2v) is 8.98. The molecule has 4 atom stereocenters. The van der Waals surface area contributed by atoms with Gasteiger partial charge in [-0.1, -0.05) is 18.6 Å². The lowest BCUT2D eigenvalue weighted by molar-refractivity contribution is -0.185. The summed E-state index contributed by atoms with van der Waals surface area (Å²) in [6.07, 6.45) is 7.11. The van der Waals surface area contributed by atoms with Crippen LogP contribution in [-0.4, -0.2) is 51.1 Å². The van der Waals surface area contributed by atoms with Crippen LogP contribution >= 0.6 is 0 Å². The van der Waals surface area contributed by atoms with E-state index in [1.165, 1.54) is 24.8 Å². The van der Waals surface area contributed by atoms with Gasteiger partial charge in [0.2, 0.25) is 0 Å². The summed E-state index contributed by atoms with van der Waals surface area (Å²) in [5.41, 5.74) is 0.766. The molecule has 2 saturated carbocycles. The predicted octanol–water partition coefficient (Wildman–Crippen LogP) is 2.34. The number of hydrogen-bond acceptors (Lipinski definition) is 4. The smallest absolute Gasteiger partial charge is 0.119 e. The number of aromatic hydroxyl groups is 1. The van der Waals surface area contributed by atoms with E-state index < -0.39 is 11.0 Å². The van der Waals surface area contributed by atoms with Crippen molar-refractivity contribution in [1.29, 1.82) is 0 Å². The summed E-state index contributed by atoms with van der Waals surface area (Å²) >= 11 is 0. The molecule has 3 aliphatic carbocycles. The quantitative estimate of drug-likeness (QED) is 0.771. The first kappa shape index (κ1) is 16.1. The molecule has 1 aromatic rings. The lowest BCUT2D eigenvalue weighted by Crippen LogP contribution is -2.73. The molecule has 0 radical (unpaired) electrons. The fourth-order valence-electron chi connectivity index (χ4n) is 6.39. The molecule has 4 nitrogen and oxygen atoms in total. The van der Waals surface area contributed by atoms with Crippen molar-refractivity contribution >= 4 is 0 Å². The third-order valence-electron chi connectivity index (χ3n) is 7.83. The Morgan fingerprint density at radius 1 is 1.16 bits per heavy atom. The van der Waals surface area contributed by atoms with Gasteiger partial charge < -0.3 is 15.3 Å². The first-order valence-electron chi connectivity index (χ1n) is 9.99. The number of hydrogen-bond donors (Lipinski definition) is 3. The van der Waals surface area contributed by atoms with Crippen molar-refractivity contribution < 1.29 is 15.3 Å². The summed E-state index contributed by atoms with van der Waals surface area (Å²) in [4.78, 5) is 2.53. The molecule has 4 heteroatoms. The number of rotatable bonds is 2. The van der Waals surface area contributed by atoms with Crippen molar-refractivity contribution in [3.63, 3.8) is 0 Å². The van der Waals surface area contributed by atoms with E-state index in [1.807, 2.05) is 6.07 Å². The molecule has 25 heavy (non-hydrogen) atoms. The van der Waals surface area contributed by atoms with Crippen molar-refractivity contribution in [2.75, 3.05) is 13.1 Å². The number of nitrogens with zero attached hydrogens (tertiary/aromatic N) is 1. The molecule has 0 amide bonds. The van der Waals surface area contributed by atoms with Gasteiger partial charge in [0.15, 0.2) is 0 Å². The van der Waals surface area contributed by atoms with Crippen LogP contribution in [-0.2, 0) is 11.8 Å². The summed E-state index contributed by atoms with van der Waals surface area (Å²) in [7, 11) is 0. The lowest BCUT2D eigenvalue weighted by atomic mass is 9.49. The van der Waals surface area contributed by atoms with E-state index in [1.54, 1.807) is 6.07 Å². The Labute approximate surface area is 149 Å². The van der Waals surface area contributed by atoms with Crippen molar-refractivity contribution in [2.24, 2.45) is 5.92 Å². The fourth-order valence-corrected chi connectivity index (χ4v) is 6.39. The van der Waals surface area contributed by atoms with Crippen LogP contribution in [0.2, 0.25) is 0 Å². The highest BCUT2D eigenvalue weighted by molar-refractivity contribution is 5.52. The Kier molecular flexibility index (Phi) is 3.51. The Hall–Kier alpha value is -1.10. The summed E-state index contributed by atoms with van der Waals surface area (Å²) < 4.78 is 0. The number of aliphatic hydroxyl groups excluding tert-OH is 1. The zero-order valence-corrected chi connectivity index (χ0v) is 14.8. The number of benzene rings is 1. The molecule has 0 aromatic heterocycles. The highest BCUT2D eigenvalue weighted by Gasteiger charge is 2.65. The summed E-state index contributed by atoms with van der Waals surface area (Å²) in [6.45, 7) is 2.06. The molecule has 1 aromatic carbocycles.